The molecule has 1 saturated carbocycles. The zero-order valence-corrected chi connectivity index (χ0v) is 16.1. The molecule has 26 heavy (non-hydrogen) atoms. The van der Waals surface area contributed by atoms with Crippen LogP contribution in [-0.2, 0) is 16.1 Å². The third-order valence-electron chi connectivity index (χ3n) is 4.88. The Morgan fingerprint density at radius 2 is 1.81 bits per heavy atom. The fourth-order valence-corrected chi connectivity index (χ4v) is 3.64. The molecule has 6 heteroatoms. The molecule has 0 aromatic heterocycles. The Balaban J connectivity index is 1.85. The number of nitrogens with one attached hydrogen (secondary N) is 1. The molecule has 0 radical (unpaired) electrons. The molecule has 1 aliphatic rings. The average molecular weight is 376 g/mol. The van der Waals surface area contributed by atoms with Gasteiger partial charge in [0.25, 0.3) is 0 Å². The Morgan fingerprint density at radius 3 is 2.46 bits per heavy atom. The highest BCUT2D eigenvalue weighted by Crippen LogP contribution is 2.27. The predicted molar refractivity (Wildman–Crippen MR) is 107 cm³/mol. The maximum atomic E-state index is 12.3. The van der Waals surface area contributed by atoms with Gasteiger partial charge in [0.1, 0.15) is 0 Å². The van der Waals surface area contributed by atoms with Gasteiger partial charge in [-0.2, -0.15) is 0 Å². The third kappa shape index (κ3) is 7.52. The van der Waals surface area contributed by atoms with Gasteiger partial charge in [0.15, 0.2) is 5.11 Å². The third-order valence-corrected chi connectivity index (χ3v) is 5.24. The van der Waals surface area contributed by atoms with E-state index in [0.717, 1.165) is 12.0 Å². The normalized spacial score (nSPS) is 14.6. The highest BCUT2D eigenvalue weighted by atomic mass is 32.1. The minimum atomic E-state index is -0.380. The van der Waals surface area contributed by atoms with Crippen LogP contribution in [0.5, 0.6) is 0 Å². The Kier molecular flexibility index (Phi) is 8.54. The molecule has 0 saturated heterocycles. The number of amides is 2. The maximum Gasteiger partial charge on any atom is 0.226 e. The Bertz CT molecular complexity index is 600. The molecule has 2 amide bonds. The summed E-state index contributed by atoms with van der Waals surface area (Å²) in [7, 11) is 0. The van der Waals surface area contributed by atoms with Crippen LogP contribution in [0, 0.1) is 5.92 Å². The molecule has 0 unspecified atom stereocenters. The molecule has 142 valence electrons. The molecule has 0 aliphatic heterocycles. The molecule has 0 atom stereocenters. The van der Waals surface area contributed by atoms with E-state index in [1.807, 2.05) is 35.2 Å². The first-order chi connectivity index (χ1) is 12.5. The van der Waals surface area contributed by atoms with E-state index in [2.05, 4.69) is 5.32 Å². The van der Waals surface area contributed by atoms with Crippen molar-refractivity contribution in [3.05, 3.63) is 35.9 Å². The van der Waals surface area contributed by atoms with Crippen molar-refractivity contribution < 1.29 is 9.59 Å². The molecular weight excluding hydrogens is 346 g/mol. The van der Waals surface area contributed by atoms with Crippen molar-refractivity contribution in [1.29, 1.82) is 0 Å². The van der Waals surface area contributed by atoms with Crippen molar-refractivity contribution in [2.75, 3.05) is 6.54 Å². The lowest BCUT2D eigenvalue weighted by Gasteiger charge is -2.25. The second kappa shape index (κ2) is 10.9. The topological polar surface area (TPSA) is 75.4 Å². The molecule has 0 bridgehead atoms. The number of benzene rings is 1. The van der Waals surface area contributed by atoms with Crippen molar-refractivity contribution in [3.8, 4) is 0 Å². The van der Waals surface area contributed by atoms with E-state index in [4.69, 9.17) is 18.0 Å². The van der Waals surface area contributed by atoms with Gasteiger partial charge in [0, 0.05) is 25.9 Å². The Hall–Kier alpha value is -1.95. The quantitative estimate of drug-likeness (QED) is 0.685. The minimum absolute atomic E-state index is 0.0438. The SMILES string of the molecule is NC(=O)CCN(Cc1ccccc1)C(=S)NC(=O)CCC1CCCCC1. The van der Waals surface area contributed by atoms with Crippen LogP contribution >= 0.6 is 12.2 Å². The molecule has 3 N–H and O–H groups in total. The summed E-state index contributed by atoms with van der Waals surface area (Å²) in [4.78, 5) is 25.2. The Labute approximate surface area is 161 Å². The number of nitrogens with two attached hydrogens (primary N) is 1. The summed E-state index contributed by atoms with van der Waals surface area (Å²) in [5.74, 6) is 0.241. The second-order valence-corrected chi connectivity index (χ2v) is 7.41. The number of nitrogens with zero attached hydrogens (tertiary/aromatic N) is 1. The molecule has 1 aliphatic carbocycles. The average Bonchev–Trinajstić information content (AvgIpc) is 2.65. The zero-order chi connectivity index (χ0) is 18.8. The number of thiocarbonyl (C=S) groups is 1. The van der Waals surface area contributed by atoms with Gasteiger partial charge < -0.3 is 16.0 Å². The van der Waals surface area contributed by atoms with E-state index < -0.39 is 0 Å². The van der Waals surface area contributed by atoms with E-state index in [0.29, 0.717) is 30.5 Å². The fraction of sp³-hybridized carbons (Fsp3) is 0.550. The molecule has 1 aromatic rings. The van der Waals surface area contributed by atoms with E-state index in [-0.39, 0.29) is 18.2 Å². The lowest BCUT2D eigenvalue weighted by molar-refractivity contribution is -0.120. The largest absolute Gasteiger partial charge is 0.370 e. The van der Waals surface area contributed by atoms with Crippen molar-refractivity contribution in [3.63, 3.8) is 0 Å². The van der Waals surface area contributed by atoms with Crippen LogP contribution in [0.2, 0.25) is 0 Å². The van der Waals surface area contributed by atoms with Crippen LogP contribution < -0.4 is 11.1 Å². The van der Waals surface area contributed by atoms with Crippen molar-refractivity contribution in [2.24, 2.45) is 11.7 Å². The number of hydrogen-bond donors (Lipinski definition) is 2. The van der Waals surface area contributed by atoms with E-state index in [9.17, 15) is 9.59 Å². The van der Waals surface area contributed by atoms with Crippen LogP contribution in [0.25, 0.3) is 0 Å². The van der Waals surface area contributed by atoms with Crippen LogP contribution in [0.3, 0.4) is 0 Å². The number of hydrogen-bond acceptors (Lipinski definition) is 3. The molecular formula is C20H29N3O2S. The molecule has 1 aromatic carbocycles. The fourth-order valence-electron chi connectivity index (χ4n) is 3.37. The second-order valence-electron chi connectivity index (χ2n) is 7.02. The predicted octanol–water partition coefficient (Wildman–Crippen LogP) is 3.13. The summed E-state index contributed by atoms with van der Waals surface area (Å²) in [6.45, 7) is 0.932. The van der Waals surface area contributed by atoms with Gasteiger partial charge in [-0.05, 0) is 30.1 Å². The van der Waals surface area contributed by atoms with Crippen molar-refractivity contribution in [2.45, 2.75) is 57.9 Å². The number of carbonyl (C=O) groups excluding carboxylic acids is 2. The van der Waals surface area contributed by atoms with E-state index in [1.165, 1.54) is 32.1 Å². The number of primary amides is 1. The first-order valence-corrected chi connectivity index (χ1v) is 9.86. The van der Waals surface area contributed by atoms with Crippen LogP contribution in [-0.4, -0.2) is 28.4 Å². The number of carbonyl (C=O) groups is 2. The highest BCUT2D eigenvalue weighted by molar-refractivity contribution is 7.80. The molecule has 1 fully saturated rings. The summed E-state index contributed by atoms with van der Waals surface area (Å²) in [5.41, 5.74) is 6.34. The molecule has 0 spiro atoms. The van der Waals surface area contributed by atoms with Gasteiger partial charge in [-0.1, -0.05) is 62.4 Å². The van der Waals surface area contributed by atoms with Crippen molar-refractivity contribution in [1.82, 2.24) is 10.2 Å². The van der Waals surface area contributed by atoms with Crippen LogP contribution in [0.1, 0.15) is 56.9 Å². The molecule has 2 rings (SSSR count). The van der Waals surface area contributed by atoms with E-state index >= 15 is 0 Å². The van der Waals surface area contributed by atoms with Crippen LogP contribution in [0.15, 0.2) is 30.3 Å². The summed E-state index contributed by atoms with van der Waals surface area (Å²) in [5, 5.41) is 3.19. The zero-order valence-electron chi connectivity index (χ0n) is 15.3. The van der Waals surface area contributed by atoms with Gasteiger partial charge in [0.05, 0.1) is 0 Å². The summed E-state index contributed by atoms with van der Waals surface area (Å²) >= 11 is 5.42. The van der Waals surface area contributed by atoms with Gasteiger partial charge in [0.2, 0.25) is 11.8 Å². The van der Waals surface area contributed by atoms with Gasteiger partial charge in [-0.25, -0.2) is 0 Å². The molecule has 0 heterocycles. The first-order valence-electron chi connectivity index (χ1n) is 9.45. The van der Waals surface area contributed by atoms with Crippen molar-refractivity contribution >= 4 is 29.1 Å². The summed E-state index contributed by atoms with van der Waals surface area (Å²) < 4.78 is 0. The maximum absolute atomic E-state index is 12.3. The first kappa shape index (κ1) is 20.4. The van der Waals surface area contributed by atoms with Gasteiger partial charge in [-0.3, -0.25) is 9.59 Å². The monoisotopic (exact) mass is 375 g/mol. The standard InChI is InChI=1S/C20H29N3O2S/c21-18(24)13-14-23(15-17-9-5-2-6-10-17)20(26)22-19(25)12-11-16-7-3-1-4-8-16/h2,5-6,9-10,16H,1,3-4,7-8,11-15H2,(H2,21,24)(H,22,25,26). The smallest absolute Gasteiger partial charge is 0.226 e. The van der Waals surface area contributed by atoms with Crippen LogP contribution in [0.4, 0.5) is 0 Å². The lowest BCUT2D eigenvalue weighted by atomic mass is 9.86. The van der Waals surface area contributed by atoms with E-state index in [1.54, 1.807) is 0 Å². The number of rotatable bonds is 8. The minimum Gasteiger partial charge on any atom is -0.370 e. The summed E-state index contributed by atoms with van der Waals surface area (Å²) in [6.07, 6.45) is 7.97. The molecule has 5 nitrogen and oxygen atoms in total. The summed E-state index contributed by atoms with van der Waals surface area (Å²) in [6, 6.07) is 9.83. The Morgan fingerprint density at radius 1 is 1.12 bits per heavy atom. The van der Waals surface area contributed by atoms with Gasteiger partial charge in [-0.15, -0.1) is 0 Å². The lowest BCUT2D eigenvalue weighted by Crippen LogP contribution is -2.43. The van der Waals surface area contributed by atoms with Gasteiger partial charge >= 0.3 is 0 Å². The highest BCUT2D eigenvalue weighted by Gasteiger charge is 2.17.